The van der Waals surface area contributed by atoms with E-state index >= 15 is 0 Å². The number of oxazole rings is 1. The van der Waals surface area contributed by atoms with Crippen molar-refractivity contribution in [3.8, 4) is 0 Å². The lowest BCUT2D eigenvalue weighted by molar-refractivity contribution is 0.0893. The van der Waals surface area contributed by atoms with Crippen LogP contribution in [0.3, 0.4) is 0 Å². The fourth-order valence-corrected chi connectivity index (χ4v) is 3.04. The van der Waals surface area contributed by atoms with Gasteiger partial charge in [-0.1, -0.05) is 38.1 Å². The molecular weight excluding hydrogens is 264 g/mol. The molecule has 21 heavy (non-hydrogen) atoms. The molecule has 1 aromatic heterocycles. The highest BCUT2D eigenvalue weighted by Crippen LogP contribution is 2.41. The van der Waals surface area contributed by atoms with Crippen LogP contribution < -0.4 is 5.32 Å². The molecule has 0 aliphatic heterocycles. The average Bonchev–Trinajstić information content (AvgIpc) is 2.89. The molecule has 1 aliphatic carbocycles. The third-order valence-corrected chi connectivity index (χ3v) is 4.24. The Morgan fingerprint density at radius 2 is 2.14 bits per heavy atom. The van der Waals surface area contributed by atoms with Crippen LogP contribution in [0.5, 0.6) is 0 Å². The van der Waals surface area contributed by atoms with E-state index in [0.29, 0.717) is 5.76 Å². The molecule has 1 unspecified atom stereocenters. The lowest BCUT2D eigenvalue weighted by Gasteiger charge is -2.37. The lowest BCUT2D eigenvalue weighted by atomic mass is 9.71. The number of amides is 1. The van der Waals surface area contributed by atoms with E-state index in [1.54, 1.807) is 13.1 Å². The first-order valence-electron chi connectivity index (χ1n) is 7.30. The maximum Gasteiger partial charge on any atom is 0.307 e. The van der Waals surface area contributed by atoms with Crippen LogP contribution in [0.1, 0.15) is 60.3 Å². The number of aromatic nitrogens is 1. The van der Waals surface area contributed by atoms with Gasteiger partial charge in [-0.3, -0.25) is 4.79 Å². The van der Waals surface area contributed by atoms with Gasteiger partial charge in [-0.05, 0) is 36.3 Å². The Labute approximate surface area is 124 Å². The third-order valence-electron chi connectivity index (χ3n) is 4.24. The summed E-state index contributed by atoms with van der Waals surface area (Å²) in [5.41, 5.74) is 2.66. The first kappa shape index (κ1) is 13.9. The number of benzene rings is 1. The van der Waals surface area contributed by atoms with Gasteiger partial charge in [0.25, 0.3) is 5.89 Å². The van der Waals surface area contributed by atoms with E-state index in [1.165, 1.54) is 11.1 Å². The number of carbonyl (C=O) groups excluding carboxylic acids is 1. The van der Waals surface area contributed by atoms with Gasteiger partial charge in [0, 0.05) is 0 Å². The predicted molar refractivity (Wildman–Crippen MR) is 80.1 cm³/mol. The van der Waals surface area contributed by atoms with Crippen molar-refractivity contribution in [1.82, 2.24) is 10.3 Å². The fraction of sp³-hybridized carbons (Fsp3) is 0.412. The van der Waals surface area contributed by atoms with Crippen molar-refractivity contribution < 1.29 is 9.21 Å². The summed E-state index contributed by atoms with van der Waals surface area (Å²) in [5.74, 6) is 0.530. The second kappa shape index (κ2) is 5.02. The smallest absolute Gasteiger partial charge is 0.307 e. The number of rotatable bonds is 2. The molecule has 0 spiro atoms. The third kappa shape index (κ3) is 2.58. The molecule has 4 heteroatoms. The van der Waals surface area contributed by atoms with Crippen LogP contribution in [-0.2, 0) is 5.41 Å². The van der Waals surface area contributed by atoms with Gasteiger partial charge < -0.3 is 9.73 Å². The number of carbonyl (C=O) groups is 1. The largest absolute Gasteiger partial charge is 0.438 e. The summed E-state index contributed by atoms with van der Waals surface area (Å²) < 4.78 is 5.29. The Hall–Kier alpha value is -2.10. The normalized spacial score (nSPS) is 19.9. The number of nitrogens with one attached hydrogen (secondary N) is 1. The highest BCUT2D eigenvalue weighted by atomic mass is 16.4. The molecular formula is C17H20N2O2. The predicted octanol–water partition coefficient (Wildman–Crippen LogP) is 3.53. The Morgan fingerprint density at radius 3 is 2.86 bits per heavy atom. The SMILES string of the molecule is Cc1cnc(C(=O)NC2CCC(C)(C)c3ccccc32)o1. The molecule has 0 saturated carbocycles. The van der Waals surface area contributed by atoms with E-state index in [4.69, 9.17) is 4.42 Å². The molecule has 1 N–H and O–H groups in total. The maximum absolute atomic E-state index is 12.2. The molecule has 1 aromatic carbocycles. The van der Waals surface area contributed by atoms with Crippen molar-refractivity contribution in [2.45, 2.75) is 45.1 Å². The second-order valence-electron chi connectivity index (χ2n) is 6.31. The van der Waals surface area contributed by atoms with Crippen molar-refractivity contribution in [1.29, 1.82) is 0 Å². The first-order chi connectivity index (χ1) is 9.97. The van der Waals surface area contributed by atoms with Gasteiger partial charge in [-0.15, -0.1) is 0 Å². The van der Waals surface area contributed by atoms with Crippen LogP contribution in [0.2, 0.25) is 0 Å². The summed E-state index contributed by atoms with van der Waals surface area (Å²) >= 11 is 0. The summed E-state index contributed by atoms with van der Waals surface area (Å²) in [5, 5.41) is 3.05. The van der Waals surface area contributed by atoms with Crippen molar-refractivity contribution in [3.05, 3.63) is 53.2 Å². The standard InChI is InChI=1S/C17H20N2O2/c1-11-10-18-16(21-11)15(20)19-14-8-9-17(2,3)13-7-5-4-6-12(13)14/h4-7,10,14H,8-9H2,1-3H3,(H,19,20). The molecule has 3 rings (SSSR count). The highest BCUT2D eigenvalue weighted by Gasteiger charge is 2.33. The molecule has 110 valence electrons. The first-order valence-corrected chi connectivity index (χ1v) is 7.30. The zero-order valence-electron chi connectivity index (χ0n) is 12.6. The van der Waals surface area contributed by atoms with E-state index in [2.05, 4.69) is 42.3 Å². The summed E-state index contributed by atoms with van der Waals surface area (Å²) in [6.45, 7) is 6.28. The minimum Gasteiger partial charge on any atom is -0.438 e. The Balaban J connectivity index is 1.86. The van der Waals surface area contributed by atoms with Gasteiger partial charge in [0.15, 0.2) is 0 Å². The molecule has 4 nitrogen and oxygen atoms in total. The number of hydrogen-bond acceptors (Lipinski definition) is 3. The zero-order chi connectivity index (χ0) is 15.0. The van der Waals surface area contributed by atoms with E-state index < -0.39 is 0 Å². The molecule has 2 aromatic rings. The monoisotopic (exact) mass is 284 g/mol. The number of aryl methyl sites for hydroxylation is 1. The maximum atomic E-state index is 12.2. The summed E-state index contributed by atoms with van der Waals surface area (Å²) in [6.07, 6.45) is 3.53. The molecule has 1 heterocycles. The minimum absolute atomic E-state index is 0.0222. The van der Waals surface area contributed by atoms with Crippen molar-refractivity contribution in [3.63, 3.8) is 0 Å². The summed E-state index contributed by atoms with van der Waals surface area (Å²) in [6, 6.07) is 8.36. The molecule has 1 amide bonds. The minimum atomic E-state index is -0.248. The molecule has 0 radical (unpaired) electrons. The van der Waals surface area contributed by atoms with E-state index in [-0.39, 0.29) is 23.3 Å². The molecule has 1 aliphatic rings. The summed E-state index contributed by atoms with van der Waals surface area (Å²) in [7, 11) is 0. The van der Waals surface area contributed by atoms with Gasteiger partial charge in [0.05, 0.1) is 12.2 Å². The van der Waals surface area contributed by atoms with Crippen molar-refractivity contribution in [2.75, 3.05) is 0 Å². The average molecular weight is 284 g/mol. The number of fused-ring (bicyclic) bond motifs is 1. The topological polar surface area (TPSA) is 55.1 Å². The van der Waals surface area contributed by atoms with Crippen LogP contribution >= 0.6 is 0 Å². The summed E-state index contributed by atoms with van der Waals surface area (Å²) in [4.78, 5) is 16.2. The van der Waals surface area contributed by atoms with Crippen molar-refractivity contribution >= 4 is 5.91 Å². The van der Waals surface area contributed by atoms with Crippen LogP contribution in [0, 0.1) is 6.92 Å². The zero-order valence-corrected chi connectivity index (χ0v) is 12.6. The van der Waals surface area contributed by atoms with E-state index in [9.17, 15) is 4.79 Å². The Morgan fingerprint density at radius 1 is 1.38 bits per heavy atom. The number of nitrogens with zero attached hydrogens (tertiary/aromatic N) is 1. The van der Waals surface area contributed by atoms with Crippen LogP contribution in [0.4, 0.5) is 0 Å². The molecule has 0 saturated heterocycles. The molecule has 1 atom stereocenters. The van der Waals surface area contributed by atoms with E-state index in [0.717, 1.165) is 12.8 Å². The molecule has 0 fully saturated rings. The second-order valence-corrected chi connectivity index (χ2v) is 6.31. The van der Waals surface area contributed by atoms with Gasteiger partial charge in [0.1, 0.15) is 5.76 Å². The Bertz CT molecular complexity index is 673. The van der Waals surface area contributed by atoms with Crippen molar-refractivity contribution in [2.24, 2.45) is 0 Å². The fourth-order valence-electron chi connectivity index (χ4n) is 3.04. The highest BCUT2D eigenvalue weighted by molar-refractivity contribution is 5.89. The van der Waals surface area contributed by atoms with Crippen LogP contribution in [0.15, 0.2) is 34.9 Å². The van der Waals surface area contributed by atoms with Gasteiger partial charge >= 0.3 is 5.91 Å². The quantitative estimate of drug-likeness (QED) is 0.918. The lowest BCUT2D eigenvalue weighted by Crippen LogP contribution is -2.35. The van der Waals surface area contributed by atoms with Crippen LogP contribution in [0.25, 0.3) is 0 Å². The van der Waals surface area contributed by atoms with Gasteiger partial charge in [0.2, 0.25) is 0 Å². The Kier molecular flexibility index (Phi) is 3.32. The van der Waals surface area contributed by atoms with Gasteiger partial charge in [-0.2, -0.15) is 0 Å². The van der Waals surface area contributed by atoms with Crippen LogP contribution in [-0.4, -0.2) is 10.9 Å². The molecule has 0 bridgehead atoms. The number of hydrogen-bond donors (Lipinski definition) is 1. The van der Waals surface area contributed by atoms with Gasteiger partial charge in [-0.25, -0.2) is 4.98 Å². The van der Waals surface area contributed by atoms with E-state index in [1.807, 2.05) is 6.07 Å².